The third kappa shape index (κ3) is 2.70. The van der Waals surface area contributed by atoms with Crippen LogP contribution >= 0.6 is 11.6 Å². The molecule has 0 spiro atoms. The summed E-state index contributed by atoms with van der Waals surface area (Å²) in [6.07, 6.45) is 4.50. The van der Waals surface area contributed by atoms with Gasteiger partial charge >= 0.3 is 0 Å². The minimum atomic E-state index is -0.228. The molecule has 1 saturated carbocycles. The van der Waals surface area contributed by atoms with Gasteiger partial charge in [-0.05, 0) is 55.2 Å². The Morgan fingerprint density at radius 3 is 2.88 bits per heavy atom. The molecule has 0 radical (unpaired) electrons. The summed E-state index contributed by atoms with van der Waals surface area (Å²) in [5.74, 6) is 1.29. The van der Waals surface area contributed by atoms with E-state index in [4.69, 9.17) is 16.3 Å². The first-order valence-corrected chi connectivity index (χ1v) is 9.02. The highest BCUT2D eigenvalue weighted by molar-refractivity contribution is 6.32. The van der Waals surface area contributed by atoms with Gasteiger partial charge in [0.2, 0.25) is 0 Å². The van der Waals surface area contributed by atoms with Crippen molar-refractivity contribution in [3.63, 3.8) is 0 Å². The first-order valence-electron chi connectivity index (χ1n) is 8.64. The smallest absolute Gasteiger partial charge is 0.142 e. The van der Waals surface area contributed by atoms with Gasteiger partial charge < -0.3 is 14.6 Å². The van der Waals surface area contributed by atoms with E-state index in [-0.39, 0.29) is 5.82 Å². The number of benzene rings is 2. The van der Waals surface area contributed by atoms with Crippen LogP contribution in [0.4, 0.5) is 4.39 Å². The van der Waals surface area contributed by atoms with Crippen LogP contribution in [0.2, 0.25) is 5.02 Å². The lowest BCUT2D eigenvalue weighted by molar-refractivity contribution is 0.263. The molecule has 1 atom stereocenters. The van der Waals surface area contributed by atoms with Crippen LogP contribution in [-0.4, -0.2) is 17.2 Å². The number of hydrogen-bond donors (Lipinski definition) is 1. The van der Waals surface area contributed by atoms with Crippen molar-refractivity contribution in [2.24, 2.45) is 5.92 Å². The maximum absolute atomic E-state index is 13.4. The van der Waals surface area contributed by atoms with Gasteiger partial charge in [-0.1, -0.05) is 11.6 Å². The molecule has 1 aliphatic carbocycles. The zero-order valence-electron chi connectivity index (χ0n) is 13.6. The van der Waals surface area contributed by atoms with E-state index in [1.807, 2.05) is 22.9 Å². The summed E-state index contributed by atoms with van der Waals surface area (Å²) in [7, 11) is 0. The number of fused-ring (bicyclic) bond motifs is 2. The Balaban J connectivity index is 1.56. The summed E-state index contributed by atoms with van der Waals surface area (Å²) in [6, 6.07) is 11.2. The van der Waals surface area contributed by atoms with Crippen LogP contribution in [0.1, 0.15) is 18.4 Å². The molecule has 2 aliphatic rings. The third-order valence-corrected chi connectivity index (χ3v) is 5.47. The van der Waals surface area contributed by atoms with Gasteiger partial charge in [-0.3, -0.25) is 0 Å². The van der Waals surface area contributed by atoms with Gasteiger partial charge in [0.25, 0.3) is 0 Å². The summed E-state index contributed by atoms with van der Waals surface area (Å²) in [5, 5.41) is 5.09. The first-order chi connectivity index (χ1) is 12.2. The number of hydrogen-bond acceptors (Lipinski definition) is 2. The van der Waals surface area contributed by atoms with Crippen molar-refractivity contribution in [1.82, 2.24) is 9.88 Å². The van der Waals surface area contributed by atoms with Crippen molar-refractivity contribution in [2.45, 2.75) is 25.4 Å². The SMILES string of the molecule is Fc1ccc2c(ccn2-c2cc(Cl)c3c(c2)CNC(C2CC2)CO3)c1. The minimum absolute atomic E-state index is 0.228. The molecule has 2 aromatic carbocycles. The molecule has 1 aromatic heterocycles. The summed E-state index contributed by atoms with van der Waals surface area (Å²) >= 11 is 6.53. The first kappa shape index (κ1) is 15.2. The van der Waals surface area contributed by atoms with Crippen LogP contribution in [0.25, 0.3) is 16.6 Å². The van der Waals surface area contributed by atoms with Gasteiger partial charge in [0.1, 0.15) is 18.2 Å². The van der Waals surface area contributed by atoms with E-state index >= 15 is 0 Å². The summed E-state index contributed by atoms with van der Waals surface area (Å²) < 4.78 is 21.5. The molecule has 128 valence electrons. The number of ether oxygens (including phenoxy) is 1. The van der Waals surface area contributed by atoms with Gasteiger partial charge in [-0.2, -0.15) is 0 Å². The monoisotopic (exact) mass is 356 g/mol. The molecule has 1 fully saturated rings. The van der Waals surface area contributed by atoms with Crippen LogP contribution in [0, 0.1) is 11.7 Å². The highest BCUT2D eigenvalue weighted by Crippen LogP contribution is 2.38. The van der Waals surface area contributed by atoms with Crippen molar-refractivity contribution in [1.29, 1.82) is 0 Å². The van der Waals surface area contributed by atoms with Crippen molar-refractivity contribution in [2.75, 3.05) is 6.61 Å². The van der Waals surface area contributed by atoms with Gasteiger partial charge in [0.05, 0.1) is 10.5 Å². The van der Waals surface area contributed by atoms with Crippen LogP contribution in [0.3, 0.4) is 0 Å². The van der Waals surface area contributed by atoms with E-state index < -0.39 is 0 Å². The van der Waals surface area contributed by atoms with Gasteiger partial charge in [-0.15, -0.1) is 0 Å². The second-order valence-corrected chi connectivity index (χ2v) is 7.35. The number of halogens is 2. The standard InChI is InChI=1S/C20H18ClFN2O/c21-17-9-16(24-6-5-13-7-15(22)3-4-19(13)24)8-14-10-23-18(12-1-2-12)11-25-20(14)17/h3-9,12,18,23H,1-2,10-11H2. The molecule has 3 aromatic rings. The van der Waals surface area contributed by atoms with E-state index in [0.29, 0.717) is 17.7 Å². The second-order valence-electron chi connectivity index (χ2n) is 6.94. The molecule has 1 N–H and O–H groups in total. The van der Waals surface area contributed by atoms with Crippen LogP contribution in [0.15, 0.2) is 42.6 Å². The molecule has 0 amide bonds. The molecule has 5 heteroatoms. The molecule has 0 bridgehead atoms. The fourth-order valence-electron chi connectivity index (χ4n) is 3.68. The highest BCUT2D eigenvalue weighted by Gasteiger charge is 2.33. The Hall–Kier alpha value is -2.04. The topological polar surface area (TPSA) is 26.2 Å². The van der Waals surface area contributed by atoms with E-state index in [2.05, 4.69) is 11.4 Å². The van der Waals surface area contributed by atoms with Crippen LogP contribution in [0.5, 0.6) is 5.75 Å². The van der Waals surface area contributed by atoms with E-state index in [0.717, 1.165) is 40.4 Å². The lowest BCUT2D eigenvalue weighted by atomic mass is 10.1. The Morgan fingerprint density at radius 2 is 2.04 bits per heavy atom. The third-order valence-electron chi connectivity index (χ3n) is 5.19. The molecule has 0 saturated heterocycles. The maximum Gasteiger partial charge on any atom is 0.142 e. The largest absolute Gasteiger partial charge is 0.490 e. The summed E-state index contributed by atoms with van der Waals surface area (Å²) in [6.45, 7) is 1.42. The molecule has 1 aliphatic heterocycles. The van der Waals surface area contributed by atoms with E-state index in [1.54, 1.807) is 12.1 Å². The van der Waals surface area contributed by atoms with Gasteiger partial charge in [0.15, 0.2) is 0 Å². The fraction of sp³-hybridized carbons (Fsp3) is 0.300. The Labute approximate surface area is 150 Å². The average molecular weight is 357 g/mol. The molecule has 5 rings (SSSR count). The average Bonchev–Trinajstić information content (AvgIpc) is 3.37. The summed E-state index contributed by atoms with van der Waals surface area (Å²) in [4.78, 5) is 0. The van der Waals surface area contributed by atoms with Crippen LogP contribution < -0.4 is 10.1 Å². The van der Waals surface area contributed by atoms with Gasteiger partial charge in [-0.25, -0.2) is 4.39 Å². The summed E-state index contributed by atoms with van der Waals surface area (Å²) in [5.41, 5.74) is 2.98. The molecular weight excluding hydrogens is 339 g/mol. The van der Waals surface area contributed by atoms with Crippen LogP contribution in [-0.2, 0) is 6.54 Å². The Kier molecular flexibility index (Phi) is 3.50. The second kappa shape index (κ2) is 5.75. The minimum Gasteiger partial charge on any atom is -0.490 e. The molecule has 3 nitrogen and oxygen atoms in total. The number of nitrogens with zero attached hydrogens (tertiary/aromatic N) is 1. The molecule has 2 heterocycles. The van der Waals surface area contributed by atoms with Gasteiger partial charge in [0, 0.05) is 35.4 Å². The highest BCUT2D eigenvalue weighted by atomic mass is 35.5. The Bertz CT molecular complexity index is 964. The quantitative estimate of drug-likeness (QED) is 0.721. The lowest BCUT2D eigenvalue weighted by Gasteiger charge is -2.14. The lowest BCUT2D eigenvalue weighted by Crippen LogP contribution is -2.33. The maximum atomic E-state index is 13.4. The van der Waals surface area contributed by atoms with Crippen molar-refractivity contribution >= 4 is 22.5 Å². The number of rotatable bonds is 2. The zero-order chi connectivity index (χ0) is 17.0. The van der Waals surface area contributed by atoms with Crippen molar-refractivity contribution in [3.8, 4) is 11.4 Å². The van der Waals surface area contributed by atoms with E-state index in [1.165, 1.54) is 18.9 Å². The predicted octanol–water partition coefficient (Wildman–Crippen LogP) is 4.68. The van der Waals surface area contributed by atoms with E-state index in [9.17, 15) is 4.39 Å². The fourth-order valence-corrected chi connectivity index (χ4v) is 3.97. The normalized spacial score (nSPS) is 20.2. The van der Waals surface area contributed by atoms with Crippen molar-refractivity contribution in [3.05, 3.63) is 59.0 Å². The Morgan fingerprint density at radius 1 is 1.16 bits per heavy atom. The number of aromatic nitrogens is 1. The molecular formula is C20H18ClFN2O. The predicted molar refractivity (Wildman–Crippen MR) is 97.1 cm³/mol. The molecule has 25 heavy (non-hydrogen) atoms. The zero-order valence-corrected chi connectivity index (χ0v) is 14.4. The molecule has 1 unspecified atom stereocenters. The van der Waals surface area contributed by atoms with Crippen molar-refractivity contribution < 1.29 is 9.13 Å². The number of nitrogens with one attached hydrogen (secondary N) is 1.